The zero-order valence-corrected chi connectivity index (χ0v) is 16.3. The van der Waals surface area contributed by atoms with Crippen molar-refractivity contribution >= 4 is 18.3 Å². The summed E-state index contributed by atoms with van der Waals surface area (Å²) in [6.45, 7) is 5.74. The lowest BCUT2D eigenvalue weighted by atomic mass is 9.94. The summed E-state index contributed by atoms with van der Waals surface area (Å²) in [6.07, 6.45) is 0.994. The molecule has 0 aromatic heterocycles. The Morgan fingerprint density at radius 1 is 1.08 bits per heavy atom. The molecule has 0 bridgehead atoms. The number of ether oxygens (including phenoxy) is 1. The molecule has 2 aromatic carbocycles. The Morgan fingerprint density at radius 3 is 2.35 bits per heavy atom. The smallest absolute Gasteiger partial charge is 0.225 e. The number of nitrogens with one attached hydrogen (secondary N) is 1. The Morgan fingerprint density at radius 2 is 1.69 bits per heavy atom. The number of carbonyl (C=O) groups is 1. The maximum absolute atomic E-state index is 12.5. The van der Waals surface area contributed by atoms with E-state index in [0.717, 1.165) is 29.7 Å². The first kappa shape index (κ1) is 22.2. The topological polar surface area (TPSA) is 64.3 Å². The quantitative estimate of drug-likeness (QED) is 0.650. The molecule has 4 nitrogen and oxygen atoms in total. The molecule has 1 amide bonds. The predicted molar refractivity (Wildman–Crippen MR) is 108 cm³/mol. The highest BCUT2D eigenvalue weighted by Crippen LogP contribution is 2.19. The van der Waals surface area contributed by atoms with E-state index < -0.39 is 0 Å². The van der Waals surface area contributed by atoms with Gasteiger partial charge < -0.3 is 15.8 Å². The Kier molecular flexibility index (Phi) is 9.96. The monoisotopic (exact) mass is 376 g/mol. The molecule has 0 aliphatic rings. The van der Waals surface area contributed by atoms with E-state index in [1.165, 1.54) is 0 Å². The average molecular weight is 377 g/mol. The minimum absolute atomic E-state index is 0. The molecule has 0 heterocycles. The molecular weight excluding hydrogens is 348 g/mol. The minimum atomic E-state index is -0.315. The van der Waals surface area contributed by atoms with Gasteiger partial charge in [-0.1, -0.05) is 68.4 Å². The lowest BCUT2D eigenvalue weighted by molar-refractivity contribution is -0.125. The molecule has 0 spiro atoms. The number of halogens is 1. The third kappa shape index (κ3) is 6.45. The molecule has 0 saturated heterocycles. The van der Waals surface area contributed by atoms with E-state index in [1.54, 1.807) is 0 Å². The molecule has 0 aliphatic heterocycles. The zero-order chi connectivity index (χ0) is 18.1. The van der Waals surface area contributed by atoms with Gasteiger partial charge in [-0.2, -0.15) is 0 Å². The van der Waals surface area contributed by atoms with Gasteiger partial charge in [-0.3, -0.25) is 4.79 Å². The fraction of sp³-hybridized carbons (Fsp3) is 0.381. The van der Waals surface area contributed by atoms with Crippen LogP contribution >= 0.6 is 12.4 Å². The van der Waals surface area contributed by atoms with Crippen molar-refractivity contribution in [2.75, 3.05) is 6.61 Å². The van der Waals surface area contributed by atoms with E-state index in [4.69, 9.17) is 10.5 Å². The van der Waals surface area contributed by atoms with Crippen LogP contribution in [0.25, 0.3) is 0 Å². The molecule has 2 unspecified atom stereocenters. The highest BCUT2D eigenvalue weighted by atomic mass is 35.5. The highest BCUT2D eigenvalue weighted by Gasteiger charge is 2.21. The van der Waals surface area contributed by atoms with Crippen molar-refractivity contribution in [2.45, 2.75) is 39.5 Å². The van der Waals surface area contributed by atoms with Crippen LogP contribution in [-0.2, 0) is 22.7 Å². The van der Waals surface area contributed by atoms with E-state index in [-0.39, 0.29) is 30.3 Å². The van der Waals surface area contributed by atoms with Gasteiger partial charge >= 0.3 is 0 Å². The molecule has 26 heavy (non-hydrogen) atoms. The van der Waals surface area contributed by atoms with Crippen molar-refractivity contribution in [3.63, 3.8) is 0 Å². The molecule has 0 saturated carbocycles. The van der Waals surface area contributed by atoms with Crippen LogP contribution in [0.1, 0.15) is 43.0 Å². The van der Waals surface area contributed by atoms with Gasteiger partial charge in [0.15, 0.2) is 0 Å². The first-order valence-corrected chi connectivity index (χ1v) is 8.86. The van der Waals surface area contributed by atoms with Crippen molar-refractivity contribution in [1.82, 2.24) is 5.32 Å². The van der Waals surface area contributed by atoms with Crippen molar-refractivity contribution in [3.8, 4) is 0 Å². The largest absolute Gasteiger partial charge is 0.377 e. The Hall–Kier alpha value is -1.88. The van der Waals surface area contributed by atoms with Crippen LogP contribution in [0.3, 0.4) is 0 Å². The summed E-state index contributed by atoms with van der Waals surface area (Å²) < 4.78 is 5.63. The van der Waals surface area contributed by atoms with E-state index in [9.17, 15) is 4.79 Å². The summed E-state index contributed by atoms with van der Waals surface area (Å²) in [7, 11) is 0. The Balaban J connectivity index is 0.00000338. The third-order valence-corrected chi connectivity index (χ3v) is 4.31. The second-order valence-corrected chi connectivity index (χ2v) is 6.26. The lowest BCUT2D eigenvalue weighted by Gasteiger charge is -2.20. The van der Waals surface area contributed by atoms with Crippen LogP contribution in [0.5, 0.6) is 0 Å². The van der Waals surface area contributed by atoms with Gasteiger partial charge in [-0.05, 0) is 23.1 Å². The number of nitrogens with two attached hydrogens (primary N) is 1. The summed E-state index contributed by atoms with van der Waals surface area (Å²) in [5.41, 5.74) is 9.39. The van der Waals surface area contributed by atoms with Crippen molar-refractivity contribution in [1.29, 1.82) is 0 Å². The number of rotatable bonds is 9. The second-order valence-electron chi connectivity index (χ2n) is 6.26. The van der Waals surface area contributed by atoms with E-state index in [0.29, 0.717) is 13.2 Å². The molecule has 5 heteroatoms. The normalized spacial score (nSPS) is 12.7. The van der Waals surface area contributed by atoms with E-state index >= 15 is 0 Å². The van der Waals surface area contributed by atoms with Crippen molar-refractivity contribution in [2.24, 2.45) is 11.7 Å². The number of benzene rings is 2. The molecule has 2 aromatic rings. The van der Waals surface area contributed by atoms with Crippen molar-refractivity contribution < 1.29 is 9.53 Å². The van der Waals surface area contributed by atoms with Crippen LogP contribution < -0.4 is 11.1 Å². The van der Waals surface area contributed by atoms with Gasteiger partial charge in [0.25, 0.3) is 0 Å². The standard InChI is InChI=1S/C21H28N2O2.ClH/c1-3-13-25-15-19-12-8-7-11-18(19)14-23-21(24)16(2)20(22)17-9-5-4-6-10-17;/h4-12,16,20H,3,13-15,22H2,1-2H3,(H,23,24);1H. The third-order valence-electron chi connectivity index (χ3n) is 4.31. The van der Waals surface area contributed by atoms with Crippen LogP contribution in [-0.4, -0.2) is 12.5 Å². The second kappa shape index (κ2) is 11.7. The Labute approximate surface area is 162 Å². The molecule has 2 atom stereocenters. The van der Waals surface area contributed by atoms with Gasteiger partial charge in [0, 0.05) is 19.2 Å². The van der Waals surface area contributed by atoms with Gasteiger partial charge in [-0.25, -0.2) is 0 Å². The summed E-state index contributed by atoms with van der Waals surface area (Å²) in [4.78, 5) is 12.5. The fourth-order valence-corrected chi connectivity index (χ4v) is 2.67. The van der Waals surface area contributed by atoms with Gasteiger partial charge in [-0.15, -0.1) is 12.4 Å². The maximum Gasteiger partial charge on any atom is 0.225 e. The zero-order valence-electron chi connectivity index (χ0n) is 15.5. The average Bonchev–Trinajstić information content (AvgIpc) is 2.66. The molecule has 142 valence electrons. The highest BCUT2D eigenvalue weighted by molar-refractivity contribution is 5.85. The summed E-state index contributed by atoms with van der Waals surface area (Å²) in [6, 6.07) is 17.4. The molecule has 0 fully saturated rings. The number of hydrogen-bond donors (Lipinski definition) is 2. The lowest BCUT2D eigenvalue weighted by Crippen LogP contribution is -2.35. The van der Waals surface area contributed by atoms with Crippen LogP contribution in [0.4, 0.5) is 0 Å². The van der Waals surface area contributed by atoms with Gasteiger partial charge in [0.05, 0.1) is 12.5 Å². The number of hydrogen-bond acceptors (Lipinski definition) is 3. The van der Waals surface area contributed by atoms with Crippen LogP contribution in [0.2, 0.25) is 0 Å². The number of carbonyl (C=O) groups excluding carboxylic acids is 1. The SMILES string of the molecule is CCCOCc1ccccc1CNC(=O)C(C)C(N)c1ccccc1.Cl. The molecular formula is C21H29ClN2O2. The minimum Gasteiger partial charge on any atom is -0.377 e. The van der Waals surface area contributed by atoms with E-state index in [1.807, 2.05) is 61.5 Å². The van der Waals surface area contributed by atoms with Crippen LogP contribution in [0, 0.1) is 5.92 Å². The van der Waals surface area contributed by atoms with Gasteiger partial charge in [0.2, 0.25) is 5.91 Å². The summed E-state index contributed by atoms with van der Waals surface area (Å²) in [5.74, 6) is -0.341. The first-order valence-electron chi connectivity index (χ1n) is 8.86. The molecule has 0 aliphatic carbocycles. The van der Waals surface area contributed by atoms with E-state index in [2.05, 4.69) is 12.2 Å². The predicted octanol–water partition coefficient (Wildman–Crippen LogP) is 3.99. The summed E-state index contributed by atoms with van der Waals surface area (Å²) in [5, 5.41) is 3.01. The Bertz CT molecular complexity index is 664. The van der Waals surface area contributed by atoms with Crippen molar-refractivity contribution in [3.05, 3.63) is 71.3 Å². The molecule has 3 N–H and O–H groups in total. The summed E-state index contributed by atoms with van der Waals surface area (Å²) >= 11 is 0. The maximum atomic E-state index is 12.5. The molecule has 0 radical (unpaired) electrons. The molecule has 2 rings (SSSR count). The van der Waals surface area contributed by atoms with Crippen LogP contribution in [0.15, 0.2) is 54.6 Å². The first-order chi connectivity index (χ1) is 12.1. The fourth-order valence-electron chi connectivity index (χ4n) is 2.67. The van der Waals surface area contributed by atoms with Gasteiger partial charge in [0.1, 0.15) is 0 Å². The number of amides is 1.